The second-order valence-electron chi connectivity index (χ2n) is 8.43. The van der Waals surface area contributed by atoms with Gasteiger partial charge in [0, 0.05) is 18.7 Å². The van der Waals surface area contributed by atoms with Gasteiger partial charge in [-0.25, -0.2) is 0 Å². The fourth-order valence-corrected chi connectivity index (χ4v) is 3.90. The van der Waals surface area contributed by atoms with Gasteiger partial charge in [0.1, 0.15) is 49.7 Å². The number of hydrogen-bond donors (Lipinski definition) is 1. The SMILES string of the molecule is O=C(CC1C(=O)NCCN1C(=O)c1ccc(OCCOc2ccccc2)cc1)OCCOc1ccccc1. The first-order valence-corrected chi connectivity index (χ1v) is 12.4. The Morgan fingerprint density at radius 1 is 0.737 bits per heavy atom. The number of benzene rings is 3. The summed E-state index contributed by atoms with van der Waals surface area (Å²) in [5, 5.41) is 2.71. The minimum absolute atomic E-state index is 0.0356. The molecule has 0 aliphatic carbocycles. The van der Waals surface area contributed by atoms with Gasteiger partial charge in [-0.05, 0) is 48.5 Å². The number of ether oxygens (including phenoxy) is 4. The van der Waals surface area contributed by atoms with Crippen LogP contribution in [0.5, 0.6) is 17.2 Å². The number of para-hydroxylation sites is 2. The monoisotopic (exact) mass is 518 g/mol. The average Bonchev–Trinajstić information content (AvgIpc) is 2.96. The lowest BCUT2D eigenvalue weighted by Crippen LogP contribution is -2.57. The summed E-state index contributed by atoms with van der Waals surface area (Å²) in [6.45, 7) is 1.53. The summed E-state index contributed by atoms with van der Waals surface area (Å²) in [5.41, 5.74) is 0.391. The molecule has 0 radical (unpaired) electrons. The van der Waals surface area contributed by atoms with E-state index in [-0.39, 0.29) is 38.0 Å². The molecule has 2 amide bonds. The third-order valence-corrected chi connectivity index (χ3v) is 5.78. The van der Waals surface area contributed by atoms with Gasteiger partial charge in [0.25, 0.3) is 5.91 Å². The van der Waals surface area contributed by atoms with E-state index in [0.717, 1.165) is 5.75 Å². The third-order valence-electron chi connectivity index (χ3n) is 5.78. The molecule has 1 aliphatic heterocycles. The number of nitrogens with one attached hydrogen (secondary N) is 1. The maximum Gasteiger partial charge on any atom is 0.308 e. The van der Waals surface area contributed by atoms with Crippen molar-refractivity contribution in [1.29, 1.82) is 0 Å². The zero-order valence-corrected chi connectivity index (χ0v) is 20.9. The second-order valence-corrected chi connectivity index (χ2v) is 8.43. The molecule has 0 saturated carbocycles. The highest BCUT2D eigenvalue weighted by molar-refractivity contribution is 5.99. The molecule has 3 aromatic carbocycles. The summed E-state index contributed by atoms with van der Waals surface area (Å²) >= 11 is 0. The molecule has 1 fully saturated rings. The number of carbonyl (C=O) groups is 3. The van der Waals surface area contributed by atoms with Crippen molar-refractivity contribution in [1.82, 2.24) is 10.2 Å². The van der Waals surface area contributed by atoms with E-state index < -0.39 is 12.0 Å². The average molecular weight is 519 g/mol. The van der Waals surface area contributed by atoms with E-state index in [4.69, 9.17) is 18.9 Å². The lowest BCUT2D eigenvalue weighted by Gasteiger charge is -2.34. The number of carbonyl (C=O) groups excluding carboxylic acids is 3. The van der Waals surface area contributed by atoms with E-state index in [1.54, 1.807) is 36.4 Å². The van der Waals surface area contributed by atoms with Crippen LogP contribution in [0.4, 0.5) is 0 Å². The molecule has 4 rings (SSSR count). The van der Waals surface area contributed by atoms with Crippen molar-refractivity contribution >= 4 is 17.8 Å². The molecule has 1 saturated heterocycles. The quantitative estimate of drug-likeness (QED) is 0.290. The molecule has 3 aromatic rings. The normalized spacial score (nSPS) is 14.8. The fourth-order valence-electron chi connectivity index (χ4n) is 3.90. The van der Waals surface area contributed by atoms with Crippen LogP contribution < -0.4 is 19.5 Å². The van der Waals surface area contributed by atoms with Gasteiger partial charge in [0.15, 0.2) is 0 Å². The minimum atomic E-state index is -0.954. The number of rotatable bonds is 12. The van der Waals surface area contributed by atoms with Crippen molar-refractivity contribution in [2.75, 3.05) is 39.5 Å². The third kappa shape index (κ3) is 7.73. The predicted molar refractivity (Wildman–Crippen MR) is 139 cm³/mol. The van der Waals surface area contributed by atoms with Crippen molar-refractivity contribution in [2.45, 2.75) is 12.5 Å². The lowest BCUT2D eigenvalue weighted by atomic mass is 10.1. The Hall–Kier alpha value is -4.53. The highest BCUT2D eigenvalue weighted by Gasteiger charge is 2.35. The summed E-state index contributed by atoms with van der Waals surface area (Å²) in [6, 6.07) is 24.3. The smallest absolute Gasteiger partial charge is 0.308 e. The maximum absolute atomic E-state index is 13.2. The van der Waals surface area contributed by atoms with Crippen LogP contribution in [-0.4, -0.2) is 68.2 Å². The van der Waals surface area contributed by atoms with Crippen LogP contribution in [0, 0.1) is 0 Å². The number of hydrogen-bond acceptors (Lipinski definition) is 7. The topological polar surface area (TPSA) is 103 Å². The first kappa shape index (κ1) is 26.5. The van der Waals surface area contributed by atoms with Crippen LogP contribution >= 0.6 is 0 Å². The summed E-state index contributed by atoms with van der Waals surface area (Å²) in [7, 11) is 0. The summed E-state index contributed by atoms with van der Waals surface area (Å²) in [5.74, 6) is 0.713. The molecule has 0 bridgehead atoms. The van der Waals surface area contributed by atoms with Gasteiger partial charge in [0.2, 0.25) is 5.91 Å². The van der Waals surface area contributed by atoms with E-state index in [0.29, 0.717) is 36.8 Å². The fraction of sp³-hybridized carbons (Fsp3) is 0.276. The van der Waals surface area contributed by atoms with E-state index in [1.165, 1.54) is 4.90 Å². The van der Waals surface area contributed by atoms with Crippen molar-refractivity contribution in [3.05, 3.63) is 90.5 Å². The molecule has 9 heteroatoms. The molecule has 0 spiro atoms. The Labute approximate surface area is 221 Å². The minimum Gasteiger partial charge on any atom is -0.490 e. The Balaban J connectivity index is 1.25. The summed E-state index contributed by atoms with van der Waals surface area (Å²) in [6.07, 6.45) is -0.245. The Morgan fingerprint density at radius 3 is 1.84 bits per heavy atom. The van der Waals surface area contributed by atoms with Gasteiger partial charge in [0.05, 0.1) is 6.42 Å². The van der Waals surface area contributed by atoms with Crippen LogP contribution in [0.2, 0.25) is 0 Å². The molecule has 38 heavy (non-hydrogen) atoms. The lowest BCUT2D eigenvalue weighted by molar-refractivity contribution is -0.148. The van der Waals surface area contributed by atoms with E-state index in [1.807, 2.05) is 48.5 Å². The van der Waals surface area contributed by atoms with Gasteiger partial charge in [-0.2, -0.15) is 0 Å². The van der Waals surface area contributed by atoms with Crippen molar-refractivity contribution in [2.24, 2.45) is 0 Å². The first-order chi connectivity index (χ1) is 18.6. The Bertz CT molecular complexity index is 1190. The summed E-state index contributed by atoms with van der Waals surface area (Å²) in [4.78, 5) is 39.5. The van der Waals surface area contributed by atoms with E-state index >= 15 is 0 Å². The summed E-state index contributed by atoms with van der Waals surface area (Å²) < 4.78 is 22.0. The van der Waals surface area contributed by atoms with E-state index in [2.05, 4.69) is 5.32 Å². The molecule has 0 aromatic heterocycles. The number of piperazine rings is 1. The van der Waals surface area contributed by atoms with Crippen molar-refractivity contribution < 1.29 is 33.3 Å². The molecule has 1 aliphatic rings. The van der Waals surface area contributed by atoms with Gasteiger partial charge >= 0.3 is 5.97 Å². The highest BCUT2D eigenvalue weighted by Crippen LogP contribution is 2.18. The predicted octanol–water partition coefficient (Wildman–Crippen LogP) is 3.10. The maximum atomic E-state index is 13.2. The number of nitrogens with zero attached hydrogens (tertiary/aromatic N) is 1. The van der Waals surface area contributed by atoms with Crippen LogP contribution in [-0.2, 0) is 14.3 Å². The molecule has 1 unspecified atom stereocenters. The standard InChI is InChI=1S/C29H30N2O7/c32-27(38-20-19-36-24-9-5-2-6-10-24)21-26-28(33)30-15-16-31(26)29(34)22-11-13-25(14-12-22)37-18-17-35-23-7-3-1-4-8-23/h1-14,26H,15-21H2,(H,30,33). The molecule has 1 N–H and O–H groups in total. The van der Waals surface area contributed by atoms with Crippen LogP contribution in [0.25, 0.3) is 0 Å². The molecule has 1 heterocycles. The second kappa shape index (κ2) is 13.7. The number of amides is 2. The molecule has 1 atom stereocenters. The van der Waals surface area contributed by atoms with Gasteiger partial charge < -0.3 is 29.2 Å². The van der Waals surface area contributed by atoms with Gasteiger partial charge in [-0.1, -0.05) is 36.4 Å². The van der Waals surface area contributed by atoms with Crippen molar-refractivity contribution in [3.63, 3.8) is 0 Å². The molecule has 198 valence electrons. The van der Waals surface area contributed by atoms with Crippen LogP contribution in [0.1, 0.15) is 16.8 Å². The van der Waals surface area contributed by atoms with Gasteiger partial charge in [-0.3, -0.25) is 14.4 Å². The van der Waals surface area contributed by atoms with Crippen LogP contribution in [0.3, 0.4) is 0 Å². The van der Waals surface area contributed by atoms with Crippen molar-refractivity contribution in [3.8, 4) is 17.2 Å². The highest BCUT2D eigenvalue weighted by atomic mass is 16.6. The Morgan fingerprint density at radius 2 is 1.26 bits per heavy atom. The molecular weight excluding hydrogens is 488 g/mol. The van der Waals surface area contributed by atoms with Crippen LogP contribution in [0.15, 0.2) is 84.9 Å². The van der Waals surface area contributed by atoms with E-state index in [9.17, 15) is 14.4 Å². The zero-order valence-electron chi connectivity index (χ0n) is 20.9. The molecular formula is C29H30N2O7. The Kier molecular flexibility index (Phi) is 9.56. The zero-order chi connectivity index (χ0) is 26.6. The largest absolute Gasteiger partial charge is 0.490 e. The molecule has 9 nitrogen and oxygen atoms in total. The first-order valence-electron chi connectivity index (χ1n) is 12.4. The number of esters is 1. The van der Waals surface area contributed by atoms with Gasteiger partial charge in [-0.15, -0.1) is 0 Å².